The molecule has 0 fully saturated rings. The molecule has 0 radical (unpaired) electrons. The van der Waals surface area contributed by atoms with Crippen molar-refractivity contribution in [2.75, 3.05) is 11.9 Å². The fourth-order valence-electron chi connectivity index (χ4n) is 3.03. The molecule has 6 N–H and O–H groups in total. The van der Waals surface area contributed by atoms with Crippen LogP contribution in [0.1, 0.15) is 19.0 Å². The predicted octanol–water partition coefficient (Wildman–Crippen LogP) is 2.93. The Morgan fingerprint density at radius 1 is 1.31 bits per heavy atom. The van der Waals surface area contributed by atoms with Crippen LogP contribution in [0.5, 0.6) is 0 Å². The van der Waals surface area contributed by atoms with E-state index < -0.39 is 0 Å². The van der Waals surface area contributed by atoms with Gasteiger partial charge >= 0.3 is 0 Å². The maximum absolute atomic E-state index is 8.55. The molecule has 0 unspecified atom stereocenters. The minimum atomic E-state index is -0.0304. The highest BCUT2D eigenvalue weighted by Crippen LogP contribution is 2.23. The van der Waals surface area contributed by atoms with E-state index in [1.165, 1.54) is 0 Å². The first kappa shape index (κ1) is 16.2. The highest BCUT2D eigenvalue weighted by atomic mass is 15.1. The molecular weight excluding hydrogens is 328 g/mol. The van der Waals surface area contributed by atoms with Gasteiger partial charge in [0.15, 0.2) is 0 Å². The van der Waals surface area contributed by atoms with Crippen molar-refractivity contribution in [3.05, 3.63) is 42.4 Å². The number of hydrogen-bond donors (Lipinski definition) is 5. The SMILES string of the molecule is CC[C@@H](CN)C(=N)c1nc(Nc2ccc3cn[nH]c3c2)nc2[nH]ccc12. The highest BCUT2D eigenvalue weighted by Gasteiger charge is 2.19. The number of nitrogens with zero attached hydrogens (tertiary/aromatic N) is 3. The van der Waals surface area contributed by atoms with Gasteiger partial charge in [-0.3, -0.25) is 5.10 Å². The van der Waals surface area contributed by atoms with Crippen molar-refractivity contribution in [1.82, 2.24) is 25.1 Å². The van der Waals surface area contributed by atoms with Gasteiger partial charge in [0, 0.05) is 35.1 Å². The first-order chi connectivity index (χ1) is 12.7. The number of benzene rings is 1. The Labute approximate surface area is 149 Å². The zero-order valence-corrected chi connectivity index (χ0v) is 14.4. The molecule has 0 aliphatic carbocycles. The van der Waals surface area contributed by atoms with Crippen molar-refractivity contribution < 1.29 is 0 Å². The van der Waals surface area contributed by atoms with E-state index in [1.54, 1.807) is 12.4 Å². The third-order valence-corrected chi connectivity index (χ3v) is 4.55. The van der Waals surface area contributed by atoms with E-state index in [0.29, 0.717) is 29.5 Å². The lowest BCUT2D eigenvalue weighted by Crippen LogP contribution is -2.24. The number of nitrogens with two attached hydrogens (primary N) is 1. The molecule has 1 aromatic carbocycles. The maximum atomic E-state index is 8.55. The summed E-state index contributed by atoms with van der Waals surface area (Å²) >= 11 is 0. The summed E-state index contributed by atoms with van der Waals surface area (Å²) in [4.78, 5) is 12.2. The second-order valence-corrected chi connectivity index (χ2v) is 6.19. The number of hydrogen-bond acceptors (Lipinski definition) is 6. The monoisotopic (exact) mass is 348 g/mol. The van der Waals surface area contributed by atoms with Crippen molar-refractivity contribution in [3.63, 3.8) is 0 Å². The van der Waals surface area contributed by atoms with Gasteiger partial charge in [-0.25, -0.2) is 4.98 Å². The van der Waals surface area contributed by atoms with Crippen molar-refractivity contribution in [3.8, 4) is 0 Å². The molecule has 0 spiro atoms. The largest absolute Gasteiger partial charge is 0.346 e. The van der Waals surface area contributed by atoms with Crippen molar-refractivity contribution in [1.29, 1.82) is 5.41 Å². The Bertz CT molecular complexity index is 1070. The van der Waals surface area contributed by atoms with Crippen molar-refractivity contribution in [2.24, 2.45) is 11.7 Å². The summed E-state index contributed by atoms with van der Waals surface area (Å²) < 4.78 is 0. The molecule has 3 heterocycles. The van der Waals surface area contributed by atoms with Crippen molar-refractivity contribution >= 4 is 39.3 Å². The lowest BCUT2D eigenvalue weighted by atomic mass is 9.96. The maximum Gasteiger partial charge on any atom is 0.229 e. The molecule has 0 saturated heterocycles. The third-order valence-electron chi connectivity index (χ3n) is 4.55. The quantitative estimate of drug-likeness (QED) is 0.342. The highest BCUT2D eigenvalue weighted by molar-refractivity contribution is 6.08. The van der Waals surface area contributed by atoms with Crippen LogP contribution in [0.15, 0.2) is 36.7 Å². The standard InChI is InChI=1S/C18H20N8/c1-2-10(8-19)15(20)16-13-5-6-21-17(13)25-18(24-16)23-12-4-3-11-9-22-26-14(11)7-12/h3-7,9-10,20H,2,8,19H2,1H3,(H,22,26)(H2,21,23,24,25)/t10-/m0/s1. The lowest BCUT2D eigenvalue weighted by Gasteiger charge is -2.15. The molecular formula is C18H20N8. The van der Waals surface area contributed by atoms with Crippen LogP contribution < -0.4 is 11.1 Å². The summed E-state index contributed by atoms with van der Waals surface area (Å²) in [6.07, 6.45) is 4.38. The van der Waals surface area contributed by atoms with E-state index in [-0.39, 0.29) is 5.92 Å². The van der Waals surface area contributed by atoms with Crippen molar-refractivity contribution in [2.45, 2.75) is 13.3 Å². The topological polar surface area (TPSA) is 132 Å². The van der Waals surface area contributed by atoms with Crippen LogP contribution >= 0.6 is 0 Å². The van der Waals surface area contributed by atoms with Crippen LogP contribution in [0.3, 0.4) is 0 Å². The Balaban J connectivity index is 1.74. The molecule has 3 aromatic heterocycles. The average Bonchev–Trinajstić information content (AvgIpc) is 3.30. The molecule has 0 bridgehead atoms. The van der Waals surface area contributed by atoms with Gasteiger partial charge in [-0.15, -0.1) is 0 Å². The first-order valence-corrected chi connectivity index (χ1v) is 8.53. The number of nitrogens with one attached hydrogen (secondary N) is 4. The molecule has 132 valence electrons. The summed E-state index contributed by atoms with van der Waals surface area (Å²) in [5.74, 6) is 0.405. The number of fused-ring (bicyclic) bond motifs is 2. The number of aromatic nitrogens is 5. The minimum absolute atomic E-state index is 0.0304. The van der Waals surface area contributed by atoms with Gasteiger partial charge in [-0.05, 0) is 30.7 Å². The number of H-pyrrole nitrogens is 2. The fourth-order valence-corrected chi connectivity index (χ4v) is 3.03. The summed E-state index contributed by atoms with van der Waals surface area (Å²) in [7, 11) is 0. The van der Waals surface area contributed by atoms with Gasteiger partial charge in [0.05, 0.1) is 23.1 Å². The second-order valence-electron chi connectivity index (χ2n) is 6.19. The van der Waals surface area contributed by atoms with Crippen LogP contribution in [-0.2, 0) is 0 Å². The average molecular weight is 348 g/mol. The molecule has 26 heavy (non-hydrogen) atoms. The summed E-state index contributed by atoms with van der Waals surface area (Å²) in [6, 6.07) is 7.76. The van der Waals surface area contributed by atoms with E-state index in [2.05, 4.69) is 30.5 Å². The zero-order valence-electron chi connectivity index (χ0n) is 14.4. The van der Waals surface area contributed by atoms with Gasteiger partial charge in [-0.2, -0.15) is 10.1 Å². The molecule has 1 atom stereocenters. The molecule has 8 heteroatoms. The van der Waals surface area contributed by atoms with E-state index in [1.807, 2.05) is 31.2 Å². The lowest BCUT2D eigenvalue weighted by molar-refractivity contribution is 0.673. The molecule has 8 nitrogen and oxygen atoms in total. The molecule has 0 aliphatic heterocycles. The smallest absolute Gasteiger partial charge is 0.229 e. The Kier molecular flexibility index (Phi) is 4.10. The van der Waals surface area contributed by atoms with Crippen LogP contribution in [0.25, 0.3) is 21.9 Å². The number of rotatable bonds is 6. The fraction of sp³-hybridized carbons (Fsp3) is 0.222. The summed E-state index contributed by atoms with van der Waals surface area (Å²) in [5, 5.41) is 20.6. The van der Waals surface area contributed by atoms with Crippen LogP contribution in [0.4, 0.5) is 11.6 Å². The third kappa shape index (κ3) is 2.80. The van der Waals surface area contributed by atoms with Gasteiger partial charge < -0.3 is 21.4 Å². The van der Waals surface area contributed by atoms with Gasteiger partial charge in [0.25, 0.3) is 0 Å². The van der Waals surface area contributed by atoms with Gasteiger partial charge in [-0.1, -0.05) is 6.92 Å². The predicted molar refractivity (Wildman–Crippen MR) is 103 cm³/mol. The first-order valence-electron chi connectivity index (χ1n) is 8.53. The van der Waals surface area contributed by atoms with Crippen LogP contribution in [0, 0.1) is 11.3 Å². The van der Waals surface area contributed by atoms with Crippen LogP contribution in [0.2, 0.25) is 0 Å². The normalized spacial score (nSPS) is 12.5. The number of anilines is 2. The molecule has 0 aliphatic rings. The Morgan fingerprint density at radius 3 is 3.00 bits per heavy atom. The molecule has 4 rings (SSSR count). The molecule has 0 amide bonds. The van der Waals surface area contributed by atoms with E-state index in [9.17, 15) is 0 Å². The Morgan fingerprint density at radius 2 is 2.19 bits per heavy atom. The number of aromatic amines is 2. The Hall–Kier alpha value is -3.26. The molecule has 4 aromatic rings. The summed E-state index contributed by atoms with van der Waals surface area (Å²) in [5.41, 5.74) is 9.34. The van der Waals surface area contributed by atoms with E-state index in [4.69, 9.17) is 11.1 Å². The summed E-state index contributed by atoms with van der Waals surface area (Å²) in [6.45, 7) is 2.45. The van der Waals surface area contributed by atoms with E-state index in [0.717, 1.165) is 28.4 Å². The zero-order chi connectivity index (χ0) is 18.1. The minimum Gasteiger partial charge on any atom is -0.346 e. The second kappa shape index (κ2) is 6.57. The van der Waals surface area contributed by atoms with Gasteiger partial charge in [0.2, 0.25) is 5.95 Å². The molecule has 0 saturated carbocycles. The van der Waals surface area contributed by atoms with E-state index >= 15 is 0 Å². The van der Waals surface area contributed by atoms with Gasteiger partial charge in [0.1, 0.15) is 5.65 Å². The van der Waals surface area contributed by atoms with Crippen LogP contribution in [-0.4, -0.2) is 37.4 Å².